The zero-order valence-electron chi connectivity index (χ0n) is 9.54. The molecule has 0 bridgehead atoms. The molecule has 1 rings (SSSR count). The average molecular weight is 270 g/mol. The highest BCUT2D eigenvalue weighted by Crippen LogP contribution is 2.22. The molecule has 1 aromatic rings. The van der Waals surface area contributed by atoms with Crippen molar-refractivity contribution in [1.29, 1.82) is 0 Å². The summed E-state index contributed by atoms with van der Waals surface area (Å²) in [4.78, 5) is 13.5. The molecule has 1 amide bonds. The maximum atomic E-state index is 11.9. The molecular weight excluding hydrogens is 257 g/mol. The number of terminal acetylenes is 1. The molecule has 0 N–H and O–H groups in total. The van der Waals surface area contributed by atoms with E-state index in [-0.39, 0.29) is 12.3 Å². The second-order valence-corrected chi connectivity index (χ2v) is 4.35. The minimum atomic E-state index is -0.0103. The number of hydrogen-bond donors (Lipinski definition) is 0. The van der Waals surface area contributed by atoms with Gasteiger partial charge in [-0.2, -0.15) is 0 Å². The minimum absolute atomic E-state index is 0.0103. The van der Waals surface area contributed by atoms with Crippen molar-refractivity contribution < 1.29 is 4.79 Å². The molecule has 4 heteroatoms. The second kappa shape index (κ2) is 6.54. The van der Waals surface area contributed by atoms with Crippen molar-refractivity contribution in [3.63, 3.8) is 0 Å². The van der Waals surface area contributed by atoms with Crippen LogP contribution < -0.4 is 0 Å². The predicted octanol–water partition coefficient (Wildman–Crippen LogP) is 3.02. The highest BCUT2D eigenvalue weighted by Gasteiger charge is 2.11. The molecule has 0 fully saturated rings. The summed E-state index contributed by atoms with van der Waals surface area (Å²) in [5.74, 6) is 2.45. The molecule has 0 aromatic heterocycles. The van der Waals surface area contributed by atoms with Crippen LogP contribution in [0.2, 0.25) is 10.0 Å². The fraction of sp³-hybridized carbons (Fsp3) is 0.308. The van der Waals surface area contributed by atoms with Crippen molar-refractivity contribution in [3.05, 3.63) is 33.8 Å². The molecule has 90 valence electrons. The predicted molar refractivity (Wildman–Crippen MR) is 71.3 cm³/mol. The molecule has 0 atom stereocenters. The lowest BCUT2D eigenvalue weighted by Crippen LogP contribution is -2.32. The molecule has 17 heavy (non-hydrogen) atoms. The van der Waals surface area contributed by atoms with Gasteiger partial charge in [0.25, 0.3) is 0 Å². The van der Waals surface area contributed by atoms with Gasteiger partial charge in [-0.25, -0.2) is 0 Å². The van der Waals surface area contributed by atoms with Gasteiger partial charge in [0, 0.05) is 6.54 Å². The molecule has 2 nitrogen and oxygen atoms in total. The Morgan fingerprint density at radius 3 is 2.65 bits per heavy atom. The van der Waals surface area contributed by atoms with Gasteiger partial charge < -0.3 is 4.90 Å². The fourth-order valence-electron chi connectivity index (χ4n) is 1.42. The summed E-state index contributed by atoms with van der Waals surface area (Å²) in [5.41, 5.74) is 0.833. The first kappa shape index (κ1) is 13.9. The van der Waals surface area contributed by atoms with E-state index in [1.54, 1.807) is 23.1 Å². The molecule has 0 aliphatic rings. The zero-order valence-corrected chi connectivity index (χ0v) is 11.1. The Morgan fingerprint density at radius 1 is 1.41 bits per heavy atom. The van der Waals surface area contributed by atoms with Crippen LogP contribution in [0.1, 0.15) is 12.5 Å². The summed E-state index contributed by atoms with van der Waals surface area (Å²) >= 11 is 11.7. The number of likely N-dealkylation sites (N-methyl/N-ethyl adjacent to an activating group) is 1. The minimum Gasteiger partial charge on any atom is -0.332 e. The number of rotatable bonds is 4. The van der Waals surface area contributed by atoms with E-state index < -0.39 is 0 Å². The van der Waals surface area contributed by atoms with Crippen LogP contribution in [0.4, 0.5) is 0 Å². The third-order valence-electron chi connectivity index (χ3n) is 2.36. The third-order valence-corrected chi connectivity index (χ3v) is 3.09. The van der Waals surface area contributed by atoms with Crippen LogP contribution in [-0.2, 0) is 11.2 Å². The van der Waals surface area contributed by atoms with Crippen molar-refractivity contribution >= 4 is 29.1 Å². The molecule has 0 unspecified atom stereocenters. The first-order chi connectivity index (χ1) is 8.08. The van der Waals surface area contributed by atoms with E-state index in [1.165, 1.54) is 0 Å². The molecule has 0 heterocycles. The van der Waals surface area contributed by atoms with Crippen LogP contribution >= 0.6 is 23.2 Å². The van der Waals surface area contributed by atoms with Gasteiger partial charge in [0.15, 0.2) is 0 Å². The Kier molecular flexibility index (Phi) is 5.34. The maximum Gasteiger partial charge on any atom is 0.227 e. The van der Waals surface area contributed by atoms with Crippen LogP contribution in [0.3, 0.4) is 0 Å². The molecule has 1 aromatic carbocycles. The SMILES string of the molecule is C#CCN(CC)C(=O)Cc1ccc(Cl)c(Cl)c1. The van der Waals surface area contributed by atoms with Gasteiger partial charge in [-0.1, -0.05) is 35.2 Å². The zero-order chi connectivity index (χ0) is 12.8. The van der Waals surface area contributed by atoms with Crippen molar-refractivity contribution in [2.24, 2.45) is 0 Å². The number of benzene rings is 1. The molecular formula is C13H13Cl2NO. The Balaban J connectivity index is 2.73. The first-order valence-electron chi connectivity index (χ1n) is 5.23. The smallest absolute Gasteiger partial charge is 0.227 e. The lowest BCUT2D eigenvalue weighted by Gasteiger charge is -2.17. The fourth-order valence-corrected chi connectivity index (χ4v) is 1.74. The van der Waals surface area contributed by atoms with E-state index in [0.717, 1.165) is 5.56 Å². The number of amides is 1. The van der Waals surface area contributed by atoms with Gasteiger partial charge in [-0.3, -0.25) is 4.79 Å². The summed E-state index contributed by atoms with van der Waals surface area (Å²) in [6, 6.07) is 5.17. The number of carbonyl (C=O) groups is 1. The lowest BCUT2D eigenvalue weighted by atomic mass is 10.1. The third kappa shape index (κ3) is 3.96. The van der Waals surface area contributed by atoms with E-state index in [4.69, 9.17) is 29.6 Å². The summed E-state index contributed by atoms with van der Waals surface area (Å²) in [5, 5.41) is 0.941. The van der Waals surface area contributed by atoms with E-state index in [2.05, 4.69) is 5.92 Å². The van der Waals surface area contributed by atoms with Crippen molar-refractivity contribution in [2.75, 3.05) is 13.1 Å². The van der Waals surface area contributed by atoms with Crippen LogP contribution in [0.15, 0.2) is 18.2 Å². The van der Waals surface area contributed by atoms with Crippen molar-refractivity contribution in [3.8, 4) is 12.3 Å². The summed E-state index contributed by atoms with van der Waals surface area (Å²) in [7, 11) is 0. The number of carbonyl (C=O) groups excluding carboxylic acids is 1. The Hall–Kier alpha value is -1.17. The molecule has 0 radical (unpaired) electrons. The van der Waals surface area contributed by atoms with E-state index in [0.29, 0.717) is 23.1 Å². The quantitative estimate of drug-likeness (QED) is 0.770. The molecule has 0 aliphatic heterocycles. The highest BCUT2D eigenvalue weighted by molar-refractivity contribution is 6.42. The van der Waals surface area contributed by atoms with Gasteiger partial charge in [-0.15, -0.1) is 6.42 Å². The molecule has 0 spiro atoms. The number of halogens is 2. The van der Waals surface area contributed by atoms with Gasteiger partial charge in [0.2, 0.25) is 5.91 Å². The van der Waals surface area contributed by atoms with Crippen LogP contribution in [0.25, 0.3) is 0 Å². The summed E-state index contributed by atoms with van der Waals surface area (Å²) in [6.45, 7) is 2.82. The molecule has 0 saturated heterocycles. The molecule has 0 saturated carbocycles. The largest absolute Gasteiger partial charge is 0.332 e. The van der Waals surface area contributed by atoms with E-state index in [9.17, 15) is 4.79 Å². The first-order valence-corrected chi connectivity index (χ1v) is 5.99. The summed E-state index contributed by atoms with van der Waals surface area (Å²) in [6.07, 6.45) is 5.48. The standard InChI is InChI=1S/C13H13Cl2NO/c1-3-7-16(4-2)13(17)9-10-5-6-11(14)12(15)8-10/h1,5-6,8H,4,7,9H2,2H3. The number of hydrogen-bond acceptors (Lipinski definition) is 1. The molecule has 0 aliphatic carbocycles. The normalized spacial score (nSPS) is 9.76. The van der Waals surface area contributed by atoms with Crippen LogP contribution in [-0.4, -0.2) is 23.9 Å². The Labute approximate surface area is 112 Å². The van der Waals surface area contributed by atoms with Crippen molar-refractivity contribution in [2.45, 2.75) is 13.3 Å². The van der Waals surface area contributed by atoms with Gasteiger partial charge in [0.1, 0.15) is 0 Å². The average Bonchev–Trinajstić information content (AvgIpc) is 2.30. The van der Waals surface area contributed by atoms with Gasteiger partial charge in [0.05, 0.1) is 23.0 Å². The second-order valence-electron chi connectivity index (χ2n) is 3.54. The van der Waals surface area contributed by atoms with Gasteiger partial charge in [-0.05, 0) is 24.6 Å². The van der Waals surface area contributed by atoms with Gasteiger partial charge >= 0.3 is 0 Å². The topological polar surface area (TPSA) is 20.3 Å². The van der Waals surface area contributed by atoms with Crippen LogP contribution in [0.5, 0.6) is 0 Å². The van der Waals surface area contributed by atoms with Crippen LogP contribution in [0, 0.1) is 12.3 Å². The van der Waals surface area contributed by atoms with Crippen molar-refractivity contribution in [1.82, 2.24) is 4.90 Å². The number of nitrogens with zero attached hydrogens (tertiary/aromatic N) is 1. The monoisotopic (exact) mass is 269 g/mol. The van der Waals surface area contributed by atoms with E-state index in [1.807, 2.05) is 6.92 Å². The summed E-state index contributed by atoms with van der Waals surface area (Å²) < 4.78 is 0. The Bertz CT molecular complexity index is 451. The highest BCUT2D eigenvalue weighted by atomic mass is 35.5. The maximum absolute atomic E-state index is 11.9. The Morgan fingerprint density at radius 2 is 2.12 bits per heavy atom. The lowest BCUT2D eigenvalue weighted by molar-refractivity contribution is -0.129. The van der Waals surface area contributed by atoms with E-state index >= 15 is 0 Å².